The smallest absolute Gasteiger partial charge is 0.326 e. The maximum atomic E-state index is 14.6. The number of para-hydroxylation sites is 2. The van der Waals surface area contributed by atoms with Crippen LogP contribution in [0.5, 0.6) is 0 Å². The van der Waals surface area contributed by atoms with Crippen LogP contribution in [-0.2, 0) is 0 Å². The van der Waals surface area contributed by atoms with E-state index in [0.717, 1.165) is 86.6 Å². The van der Waals surface area contributed by atoms with E-state index < -0.39 is 11.0 Å². The van der Waals surface area contributed by atoms with Gasteiger partial charge in [-0.1, -0.05) is 74.5 Å². The number of aromatic nitrogens is 2. The van der Waals surface area contributed by atoms with Crippen LogP contribution in [0.4, 0.5) is 0 Å². The number of hydrogen-bond acceptors (Lipinski definition) is 5. The lowest BCUT2D eigenvalue weighted by Crippen LogP contribution is -2.67. The minimum Gasteiger partial charge on any atom is -0.393 e. The monoisotopic (exact) mass is 647 g/mol. The number of imidazole rings is 1. The molecular weight excluding hydrogens is 598 g/mol. The van der Waals surface area contributed by atoms with E-state index >= 15 is 0 Å². The first kappa shape index (κ1) is 30.8. The van der Waals surface area contributed by atoms with E-state index in [-0.39, 0.29) is 45.8 Å². The average molecular weight is 648 g/mol. The quantitative estimate of drug-likeness (QED) is 0.219. The predicted octanol–water partition coefficient (Wildman–Crippen LogP) is 6.44. The third-order valence-electron chi connectivity index (χ3n) is 15.0. The normalized spacial score (nSPS) is 40.8. The highest BCUT2D eigenvalue weighted by Crippen LogP contribution is 2.78. The van der Waals surface area contributed by atoms with Gasteiger partial charge < -0.3 is 20.1 Å². The number of piperidine rings is 1. The Bertz CT molecular complexity index is 1900. The van der Waals surface area contributed by atoms with Crippen LogP contribution in [0.25, 0.3) is 11.0 Å². The molecule has 48 heavy (non-hydrogen) atoms. The number of aliphatic hydroxyl groups is 2. The van der Waals surface area contributed by atoms with Gasteiger partial charge >= 0.3 is 5.69 Å². The zero-order chi connectivity index (χ0) is 33.1. The molecule has 2 aromatic carbocycles. The van der Waals surface area contributed by atoms with Crippen molar-refractivity contribution in [2.75, 3.05) is 19.6 Å². The van der Waals surface area contributed by atoms with Crippen molar-refractivity contribution in [1.82, 2.24) is 14.5 Å². The van der Waals surface area contributed by atoms with Crippen molar-refractivity contribution < 1.29 is 15.0 Å². The zero-order valence-corrected chi connectivity index (χ0v) is 28.3. The second kappa shape index (κ2) is 10.4. The highest BCUT2D eigenvalue weighted by atomic mass is 16.3. The topological polar surface area (TPSA) is 98.6 Å². The van der Waals surface area contributed by atoms with E-state index in [0.29, 0.717) is 18.9 Å². The molecule has 7 heteroatoms. The number of hydrogen-bond donors (Lipinski definition) is 3. The molecule has 10 rings (SSSR count). The van der Waals surface area contributed by atoms with Crippen molar-refractivity contribution in [2.24, 2.45) is 33.5 Å². The predicted molar refractivity (Wildman–Crippen MR) is 187 cm³/mol. The highest BCUT2D eigenvalue weighted by Gasteiger charge is 2.74. The Morgan fingerprint density at radius 2 is 1.56 bits per heavy atom. The van der Waals surface area contributed by atoms with Gasteiger partial charge in [-0.25, -0.2) is 4.79 Å². The summed E-state index contributed by atoms with van der Waals surface area (Å²) in [6.07, 6.45) is 14.4. The van der Waals surface area contributed by atoms with Crippen LogP contribution in [0.3, 0.4) is 0 Å². The molecule has 2 heterocycles. The number of Topliss-reactive ketones (excluding diaryl/α,β-unsaturated/α-hetero) is 1. The maximum Gasteiger partial charge on any atom is 0.326 e. The van der Waals surface area contributed by atoms with Crippen LogP contribution >= 0.6 is 0 Å². The summed E-state index contributed by atoms with van der Waals surface area (Å²) >= 11 is 0. The summed E-state index contributed by atoms with van der Waals surface area (Å²) in [5, 5.41) is 23.8. The van der Waals surface area contributed by atoms with Crippen molar-refractivity contribution >= 4 is 16.8 Å². The number of nitrogens with zero attached hydrogens (tertiary/aromatic N) is 2. The summed E-state index contributed by atoms with van der Waals surface area (Å²) in [6, 6.07) is 17.8. The Hall–Kier alpha value is -3.26. The highest BCUT2D eigenvalue weighted by molar-refractivity contribution is 6.10. The maximum absolute atomic E-state index is 14.6. The van der Waals surface area contributed by atoms with Gasteiger partial charge in [0.2, 0.25) is 0 Å². The number of benzene rings is 2. The Morgan fingerprint density at radius 3 is 2.35 bits per heavy atom. The fourth-order valence-corrected chi connectivity index (χ4v) is 12.5. The number of fused-ring (bicyclic) bond motifs is 2. The van der Waals surface area contributed by atoms with Crippen LogP contribution < -0.4 is 5.69 Å². The number of β-amino-alcohol motifs (C(OH)–C–C–N with tert-alkyl or cyclic N) is 1. The van der Waals surface area contributed by atoms with E-state index in [1.807, 2.05) is 59.2 Å². The first-order valence-electron chi connectivity index (χ1n) is 18.4. The fraction of sp³-hybridized carbons (Fsp3) is 0.561. The summed E-state index contributed by atoms with van der Waals surface area (Å²) < 4.78 is 1.94. The number of H-pyrrole nitrogens is 1. The van der Waals surface area contributed by atoms with Gasteiger partial charge in [0.25, 0.3) is 0 Å². The molecular formula is C41H49N3O4. The van der Waals surface area contributed by atoms with Gasteiger partial charge in [0.1, 0.15) is 0 Å². The van der Waals surface area contributed by atoms with Crippen molar-refractivity contribution in [2.45, 2.75) is 89.4 Å². The Balaban J connectivity index is 1.03. The summed E-state index contributed by atoms with van der Waals surface area (Å²) in [4.78, 5) is 33.0. The molecule has 3 N–H and O–H groups in total. The Labute approximate surface area is 282 Å². The number of carbonyl (C=O) groups is 1. The average Bonchev–Trinajstić information content (AvgIpc) is 3.57. The molecule has 1 aromatic heterocycles. The minimum atomic E-state index is -0.869. The Kier molecular flexibility index (Phi) is 6.65. The van der Waals surface area contributed by atoms with Gasteiger partial charge in [-0.05, 0) is 87.2 Å². The molecule has 3 aromatic rings. The van der Waals surface area contributed by atoms with Crippen molar-refractivity contribution in [3.63, 3.8) is 0 Å². The molecule has 7 aliphatic rings. The molecule has 7 nitrogen and oxygen atoms in total. The van der Waals surface area contributed by atoms with Gasteiger partial charge in [0, 0.05) is 53.1 Å². The van der Waals surface area contributed by atoms with Gasteiger partial charge in [-0.3, -0.25) is 9.36 Å². The fourth-order valence-electron chi connectivity index (χ4n) is 12.5. The van der Waals surface area contributed by atoms with Crippen LogP contribution in [0, 0.1) is 33.5 Å². The first-order valence-corrected chi connectivity index (χ1v) is 18.4. The third kappa shape index (κ3) is 3.92. The summed E-state index contributed by atoms with van der Waals surface area (Å²) in [5.74, 6) is 0.551. The molecule has 8 unspecified atom stereocenters. The first-order chi connectivity index (χ1) is 23.0. The Morgan fingerprint density at radius 1 is 0.875 bits per heavy atom. The lowest BCUT2D eigenvalue weighted by molar-refractivity contribution is -0.176. The van der Waals surface area contributed by atoms with E-state index in [1.165, 1.54) is 0 Å². The largest absolute Gasteiger partial charge is 0.393 e. The van der Waals surface area contributed by atoms with Crippen LogP contribution in [0.15, 0.2) is 83.2 Å². The summed E-state index contributed by atoms with van der Waals surface area (Å²) in [7, 11) is 0. The van der Waals surface area contributed by atoms with E-state index in [2.05, 4.69) is 42.0 Å². The minimum absolute atomic E-state index is 0.0359. The molecule has 3 saturated carbocycles. The number of ketones is 1. The molecule has 2 bridgehead atoms. The van der Waals surface area contributed by atoms with Crippen molar-refractivity contribution in [1.29, 1.82) is 0 Å². The molecule has 1 saturated heterocycles. The van der Waals surface area contributed by atoms with Crippen LogP contribution in [0.1, 0.15) is 88.0 Å². The molecule has 6 aliphatic carbocycles. The molecule has 0 radical (unpaired) electrons. The molecule has 8 atom stereocenters. The van der Waals surface area contributed by atoms with E-state index in [9.17, 15) is 19.8 Å². The second-order valence-electron chi connectivity index (χ2n) is 16.8. The number of aromatic amines is 1. The van der Waals surface area contributed by atoms with Gasteiger partial charge in [-0.15, -0.1) is 0 Å². The van der Waals surface area contributed by atoms with Crippen molar-refractivity contribution in [3.05, 3.63) is 94.4 Å². The number of rotatable bonds is 5. The molecule has 2 spiro atoms. The number of allylic oxidation sites excluding steroid dienone is 4. The summed E-state index contributed by atoms with van der Waals surface area (Å²) in [5.41, 5.74) is 1.44. The van der Waals surface area contributed by atoms with Gasteiger partial charge in [0.05, 0.1) is 22.7 Å². The van der Waals surface area contributed by atoms with Crippen LogP contribution in [0.2, 0.25) is 0 Å². The van der Waals surface area contributed by atoms with Crippen LogP contribution in [-0.4, -0.2) is 61.8 Å². The number of likely N-dealkylation sites (tertiary alicyclic amines) is 1. The van der Waals surface area contributed by atoms with E-state index in [4.69, 9.17) is 0 Å². The molecule has 1 aliphatic heterocycles. The summed E-state index contributed by atoms with van der Waals surface area (Å²) in [6.45, 7) is 7.08. The number of aliphatic hydroxyl groups excluding tert-OH is 1. The lowest BCUT2D eigenvalue weighted by Gasteiger charge is -2.71. The SMILES string of the molecule is CC12CCC(O)CC13C=CC1(C(C(=O)c4ccccc4)=C3)C2CCC2(C)C1CCC2(O)CN1CCC(n2c(=O)[nH]c3ccccc32)CC1. The molecule has 4 fully saturated rings. The van der Waals surface area contributed by atoms with E-state index in [1.54, 1.807) is 0 Å². The van der Waals surface area contributed by atoms with Gasteiger partial charge in [0.15, 0.2) is 5.78 Å². The second-order valence-corrected chi connectivity index (χ2v) is 16.8. The van der Waals surface area contributed by atoms with Crippen molar-refractivity contribution in [3.8, 4) is 0 Å². The number of nitrogens with one attached hydrogen (secondary N) is 1. The molecule has 0 amide bonds. The third-order valence-corrected chi connectivity index (χ3v) is 15.0. The number of carbonyl (C=O) groups excluding carboxylic acids is 1. The molecule has 252 valence electrons. The standard InChI is InChI=1S/C41H49N3O4/c1-37-17-12-29(45)24-39(37)20-21-41(30(25-39)35(46)27-8-4-3-5-9-27)33(37)13-18-38(2)34(41)14-19-40(38,48)26-43-22-15-28(16-23-43)44-32-11-7-6-10-31(32)42-36(44)47/h3-11,20-21,25,28-29,33-34,45,48H,12-19,22-24,26H2,1-2H3,(H,42,47). The van der Waals surface area contributed by atoms with Gasteiger partial charge in [-0.2, -0.15) is 0 Å². The zero-order valence-electron chi connectivity index (χ0n) is 28.3. The lowest BCUT2D eigenvalue weighted by atomic mass is 9.32.